The van der Waals surface area contributed by atoms with Crippen molar-refractivity contribution in [2.75, 3.05) is 11.9 Å². The first-order valence-electron chi connectivity index (χ1n) is 7.28. The van der Waals surface area contributed by atoms with Gasteiger partial charge in [-0.3, -0.25) is 0 Å². The molecule has 4 heteroatoms. The van der Waals surface area contributed by atoms with Gasteiger partial charge in [0.2, 0.25) is 0 Å². The average molecular weight is 282 g/mol. The van der Waals surface area contributed by atoms with E-state index < -0.39 is 0 Å². The second kappa shape index (κ2) is 7.11. The number of nitrogens with zero attached hydrogens (tertiary/aromatic N) is 1. The van der Waals surface area contributed by atoms with Gasteiger partial charge in [-0.05, 0) is 51.3 Å². The zero-order valence-corrected chi connectivity index (χ0v) is 12.6. The molecule has 2 N–H and O–H groups in total. The summed E-state index contributed by atoms with van der Waals surface area (Å²) in [5.74, 6) is 0. The molecule has 0 radical (unpaired) electrons. The first kappa shape index (κ1) is 14.6. The molecule has 0 saturated carbocycles. The molecular weight excluding hydrogens is 258 g/mol. The van der Waals surface area contributed by atoms with Gasteiger partial charge in [0, 0.05) is 18.3 Å². The Morgan fingerprint density at radius 2 is 2.32 bits per heavy atom. The molecule has 1 fully saturated rings. The molecular formula is C15H24ClN3. The Labute approximate surface area is 121 Å². The van der Waals surface area contributed by atoms with Gasteiger partial charge in [-0.15, -0.1) is 0 Å². The standard InChI is InChI=1S/C15H24ClN3/c1-11-7-9-18-15(16)14(11)19-12(2)10-13-6-4-3-5-8-17-13/h7,9,12-13,17,19H,3-6,8,10H2,1-2H3. The molecule has 1 aromatic heterocycles. The minimum absolute atomic E-state index is 0.399. The number of aryl methyl sites for hydroxylation is 1. The summed E-state index contributed by atoms with van der Waals surface area (Å²) in [5, 5.41) is 7.72. The topological polar surface area (TPSA) is 37.0 Å². The lowest BCUT2D eigenvalue weighted by molar-refractivity contribution is 0.456. The second-order valence-corrected chi connectivity index (χ2v) is 5.93. The van der Waals surface area contributed by atoms with Crippen molar-refractivity contribution in [1.82, 2.24) is 10.3 Å². The number of hydrogen-bond donors (Lipinski definition) is 2. The Kier molecular flexibility index (Phi) is 5.46. The summed E-state index contributed by atoms with van der Waals surface area (Å²) in [7, 11) is 0. The molecule has 106 valence electrons. The molecule has 1 aromatic rings. The normalized spacial score (nSPS) is 21.7. The van der Waals surface area contributed by atoms with Crippen molar-refractivity contribution in [3.05, 3.63) is 23.0 Å². The molecule has 19 heavy (non-hydrogen) atoms. The third-order valence-electron chi connectivity index (χ3n) is 3.80. The van der Waals surface area contributed by atoms with E-state index in [1.807, 2.05) is 6.07 Å². The van der Waals surface area contributed by atoms with Crippen LogP contribution in [0.15, 0.2) is 12.3 Å². The molecule has 0 spiro atoms. The number of pyridine rings is 1. The van der Waals surface area contributed by atoms with Crippen LogP contribution in [-0.2, 0) is 0 Å². The molecule has 1 aliphatic rings. The van der Waals surface area contributed by atoms with E-state index in [0.29, 0.717) is 17.2 Å². The number of aromatic nitrogens is 1. The summed E-state index contributed by atoms with van der Waals surface area (Å²) < 4.78 is 0. The molecule has 0 bridgehead atoms. The van der Waals surface area contributed by atoms with Crippen LogP contribution < -0.4 is 10.6 Å². The van der Waals surface area contributed by atoms with Crippen LogP contribution in [0.1, 0.15) is 44.6 Å². The number of hydrogen-bond acceptors (Lipinski definition) is 3. The molecule has 1 saturated heterocycles. The third kappa shape index (κ3) is 4.36. The van der Waals surface area contributed by atoms with E-state index in [0.717, 1.165) is 24.2 Å². The molecule has 0 aliphatic carbocycles. The Morgan fingerprint density at radius 1 is 1.47 bits per heavy atom. The zero-order valence-electron chi connectivity index (χ0n) is 11.9. The fourth-order valence-corrected chi connectivity index (χ4v) is 2.99. The van der Waals surface area contributed by atoms with Gasteiger partial charge >= 0.3 is 0 Å². The van der Waals surface area contributed by atoms with E-state index in [4.69, 9.17) is 11.6 Å². The number of nitrogens with one attached hydrogen (secondary N) is 2. The van der Waals surface area contributed by atoms with E-state index in [1.165, 1.54) is 25.7 Å². The first-order valence-corrected chi connectivity index (χ1v) is 7.65. The molecule has 3 nitrogen and oxygen atoms in total. The Morgan fingerprint density at radius 3 is 3.11 bits per heavy atom. The fraction of sp³-hybridized carbons (Fsp3) is 0.667. The summed E-state index contributed by atoms with van der Waals surface area (Å²) in [4.78, 5) is 4.14. The number of anilines is 1. The van der Waals surface area contributed by atoms with E-state index in [9.17, 15) is 0 Å². The van der Waals surface area contributed by atoms with Crippen LogP contribution >= 0.6 is 11.6 Å². The Bertz CT molecular complexity index is 380. The van der Waals surface area contributed by atoms with Crippen molar-refractivity contribution in [1.29, 1.82) is 0 Å². The predicted octanol–water partition coefficient (Wildman–Crippen LogP) is 3.77. The summed E-state index contributed by atoms with van der Waals surface area (Å²) in [6.45, 7) is 5.44. The maximum atomic E-state index is 6.15. The van der Waals surface area contributed by atoms with Gasteiger partial charge in [0.1, 0.15) is 0 Å². The first-order chi connectivity index (χ1) is 9.16. The molecule has 0 aromatic carbocycles. The zero-order chi connectivity index (χ0) is 13.7. The second-order valence-electron chi connectivity index (χ2n) is 5.58. The largest absolute Gasteiger partial charge is 0.380 e. The molecule has 2 unspecified atom stereocenters. The maximum absolute atomic E-state index is 6.15. The fourth-order valence-electron chi connectivity index (χ4n) is 2.73. The monoisotopic (exact) mass is 281 g/mol. The van der Waals surface area contributed by atoms with Crippen LogP contribution in [-0.4, -0.2) is 23.6 Å². The van der Waals surface area contributed by atoms with E-state index in [2.05, 4.69) is 29.5 Å². The lowest BCUT2D eigenvalue weighted by atomic mass is 10.0. The predicted molar refractivity (Wildman–Crippen MR) is 81.9 cm³/mol. The smallest absolute Gasteiger partial charge is 0.152 e. The van der Waals surface area contributed by atoms with Crippen LogP contribution in [0.5, 0.6) is 0 Å². The highest BCUT2D eigenvalue weighted by atomic mass is 35.5. The van der Waals surface area contributed by atoms with Crippen molar-refractivity contribution in [2.45, 2.75) is 58.0 Å². The van der Waals surface area contributed by atoms with E-state index in [1.54, 1.807) is 6.20 Å². The molecule has 1 aliphatic heterocycles. The molecule has 2 heterocycles. The number of rotatable bonds is 4. The highest BCUT2D eigenvalue weighted by molar-refractivity contribution is 6.32. The van der Waals surface area contributed by atoms with Crippen LogP contribution in [0.4, 0.5) is 5.69 Å². The minimum atomic E-state index is 0.399. The van der Waals surface area contributed by atoms with Gasteiger partial charge in [-0.25, -0.2) is 4.98 Å². The van der Waals surface area contributed by atoms with Gasteiger partial charge in [0.05, 0.1) is 5.69 Å². The van der Waals surface area contributed by atoms with Crippen molar-refractivity contribution in [2.24, 2.45) is 0 Å². The Balaban J connectivity index is 1.91. The highest BCUT2D eigenvalue weighted by Crippen LogP contribution is 2.24. The molecule has 0 amide bonds. The lowest BCUT2D eigenvalue weighted by Gasteiger charge is -2.23. The van der Waals surface area contributed by atoms with Gasteiger partial charge in [-0.2, -0.15) is 0 Å². The van der Waals surface area contributed by atoms with Crippen LogP contribution in [0.2, 0.25) is 5.15 Å². The van der Waals surface area contributed by atoms with Gasteiger partial charge in [0.25, 0.3) is 0 Å². The summed E-state index contributed by atoms with van der Waals surface area (Å²) >= 11 is 6.15. The summed E-state index contributed by atoms with van der Waals surface area (Å²) in [6, 6.07) is 3.02. The van der Waals surface area contributed by atoms with Crippen molar-refractivity contribution >= 4 is 17.3 Å². The number of halogens is 1. The maximum Gasteiger partial charge on any atom is 0.152 e. The van der Waals surface area contributed by atoms with Gasteiger partial charge < -0.3 is 10.6 Å². The van der Waals surface area contributed by atoms with Crippen LogP contribution in [0, 0.1) is 6.92 Å². The molecule has 2 rings (SSSR count). The Hall–Kier alpha value is -0.800. The van der Waals surface area contributed by atoms with Gasteiger partial charge in [0.15, 0.2) is 5.15 Å². The molecule has 2 atom stereocenters. The average Bonchev–Trinajstić information content (AvgIpc) is 2.63. The van der Waals surface area contributed by atoms with E-state index in [-0.39, 0.29) is 0 Å². The highest BCUT2D eigenvalue weighted by Gasteiger charge is 2.16. The quantitative estimate of drug-likeness (QED) is 0.825. The summed E-state index contributed by atoms with van der Waals surface area (Å²) in [5.41, 5.74) is 2.13. The lowest BCUT2D eigenvalue weighted by Crippen LogP contribution is -2.33. The minimum Gasteiger partial charge on any atom is -0.380 e. The van der Waals surface area contributed by atoms with Crippen molar-refractivity contribution < 1.29 is 0 Å². The van der Waals surface area contributed by atoms with Crippen molar-refractivity contribution in [3.8, 4) is 0 Å². The summed E-state index contributed by atoms with van der Waals surface area (Å²) in [6.07, 6.45) is 8.18. The SMILES string of the molecule is Cc1ccnc(Cl)c1NC(C)CC1CCCCCN1. The van der Waals surface area contributed by atoms with Crippen LogP contribution in [0.25, 0.3) is 0 Å². The van der Waals surface area contributed by atoms with Crippen molar-refractivity contribution in [3.63, 3.8) is 0 Å². The third-order valence-corrected chi connectivity index (χ3v) is 4.09. The van der Waals surface area contributed by atoms with E-state index >= 15 is 0 Å². The van der Waals surface area contributed by atoms with Gasteiger partial charge in [-0.1, -0.05) is 24.4 Å². The van der Waals surface area contributed by atoms with Crippen LogP contribution in [0.3, 0.4) is 0 Å².